The minimum absolute atomic E-state index is 0.383. The van der Waals surface area contributed by atoms with E-state index in [4.69, 9.17) is 0 Å². The van der Waals surface area contributed by atoms with E-state index in [1.807, 2.05) is 16.8 Å². The predicted octanol–water partition coefficient (Wildman–Crippen LogP) is 3.64. The monoisotopic (exact) mass is 232 g/mol. The molecule has 1 nitrogen and oxygen atoms in total. The van der Waals surface area contributed by atoms with Gasteiger partial charge in [0, 0.05) is 6.42 Å². The summed E-state index contributed by atoms with van der Waals surface area (Å²) < 4.78 is 0. The average Bonchev–Trinajstić information content (AvgIpc) is 2.76. The van der Waals surface area contributed by atoms with Crippen molar-refractivity contribution in [2.45, 2.75) is 26.4 Å². The molecule has 0 spiro atoms. The van der Waals surface area contributed by atoms with Crippen molar-refractivity contribution in [1.82, 2.24) is 0 Å². The van der Waals surface area contributed by atoms with Gasteiger partial charge in [-0.3, -0.25) is 0 Å². The standard InChI is InChI=1S/C14H16OS/c1-10-4-3-5-11(2)13(10)8-14(15)12-6-7-16-9-12/h3-7,9,14-15H,8H2,1-2H3. The van der Waals surface area contributed by atoms with Crippen molar-refractivity contribution in [2.75, 3.05) is 0 Å². The third kappa shape index (κ3) is 2.34. The summed E-state index contributed by atoms with van der Waals surface area (Å²) in [5.74, 6) is 0. The van der Waals surface area contributed by atoms with Gasteiger partial charge < -0.3 is 5.11 Å². The van der Waals surface area contributed by atoms with Gasteiger partial charge in [-0.25, -0.2) is 0 Å². The first-order valence-corrected chi connectivity index (χ1v) is 6.38. The number of rotatable bonds is 3. The van der Waals surface area contributed by atoms with Crippen molar-refractivity contribution >= 4 is 11.3 Å². The second-order valence-electron chi connectivity index (χ2n) is 4.15. The summed E-state index contributed by atoms with van der Waals surface area (Å²) in [7, 11) is 0. The Morgan fingerprint density at radius 2 is 1.88 bits per heavy atom. The Hall–Kier alpha value is -1.12. The Kier molecular flexibility index (Phi) is 3.42. The molecular weight excluding hydrogens is 216 g/mol. The topological polar surface area (TPSA) is 20.2 Å². The van der Waals surface area contributed by atoms with Crippen molar-refractivity contribution in [1.29, 1.82) is 0 Å². The van der Waals surface area contributed by atoms with E-state index < -0.39 is 0 Å². The fourth-order valence-corrected chi connectivity index (χ4v) is 2.65. The van der Waals surface area contributed by atoms with E-state index in [0.717, 1.165) is 5.56 Å². The molecule has 1 aromatic carbocycles. The third-order valence-electron chi connectivity index (χ3n) is 2.97. The van der Waals surface area contributed by atoms with Crippen LogP contribution < -0.4 is 0 Å². The smallest absolute Gasteiger partial charge is 0.0838 e. The van der Waals surface area contributed by atoms with E-state index in [-0.39, 0.29) is 6.10 Å². The Morgan fingerprint density at radius 1 is 1.19 bits per heavy atom. The molecule has 0 saturated carbocycles. The van der Waals surface area contributed by atoms with Gasteiger partial charge in [0.1, 0.15) is 0 Å². The zero-order valence-electron chi connectivity index (χ0n) is 9.60. The normalized spacial score (nSPS) is 12.7. The first kappa shape index (κ1) is 11.4. The summed E-state index contributed by atoms with van der Waals surface area (Å²) in [5.41, 5.74) is 4.80. The molecule has 2 rings (SSSR count). The zero-order chi connectivity index (χ0) is 11.5. The predicted molar refractivity (Wildman–Crippen MR) is 68.9 cm³/mol. The number of thiophene rings is 1. The Balaban J connectivity index is 2.21. The molecule has 84 valence electrons. The maximum absolute atomic E-state index is 10.1. The molecule has 1 aromatic heterocycles. The number of aliphatic hydroxyl groups excluding tert-OH is 1. The molecule has 0 aliphatic heterocycles. The van der Waals surface area contributed by atoms with Gasteiger partial charge in [-0.15, -0.1) is 0 Å². The second kappa shape index (κ2) is 4.81. The van der Waals surface area contributed by atoms with Gasteiger partial charge >= 0.3 is 0 Å². The van der Waals surface area contributed by atoms with Crippen molar-refractivity contribution in [2.24, 2.45) is 0 Å². The van der Waals surface area contributed by atoms with Gasteiger partial charge in [0.2, 0.25) is 0 Å². The lowest BCUT2D eigenvalue weighted by atomic mass is 9.96. The van der Waals surface area contributed by atoms with Crippen LogP contribution in [0.25, 0.3) is 0 Å². The van der Waals surface area contributed by atoms with Crippen LogP contribution in [0.3, 0.4) is 0 Å². The molecule has 1 heterocycles. The Bertz CT molecular complexity index is 439. The molecule has 0 saturated heterocycles. The SMILES string of the molecule is Cc1cccc(C)c1CC(O)c1ccsc1. The third-order valence-corrected chi connectivity index (χ3v) is 3.67. The van der Waals surface area contributed by atoms with Crippen molar-refractivity contribution in [3.8, 4) is 0 Å². The fourth-order valence-electron chi connectivity index (χ4n) is 1.95. The van der Waals surface area contributed by atoms with Crippen LogP contribution in [0.4, 0.5) is 0 Å². The first-order valence-electron chi connectivity index (χ1n) is 5.43. The maximum atomic E-state index is 10.1. The van der Waals surface area contributed by atoms with Crippen molar-refractivity contribution in [3.63, 3.8) is 0 Å². The van der Waals surface area contributed by atoms with Crippen LogP contribution >= 0.6 is 11.3 Å². The lowest BCUT2D eigenvalue weighted by molar-refractivity contribution is 0.178. The Labute approximate surface area is 100 Å². The first-order chi connectivity index (χ1) is 7.68. The highest BCUT2D eigenvalue weighted by atomic mass is 32.1. The van der Waals surface area contributed by atoms with Gasteiger partial charge in [0.25, 0.3) is 0 Å². The van der Waals surface area contributed by atoms with Gasteiger partial charge in [0.05, 0.1) is 6.10 Å². The van der Waals surface area contributed by atoms with Gasteiger partial charge in [-0.2, -0.15) is 11.3 Å². The summed E-state index contributed by atoms with van der Waals surface area (Å²) in [5, 5.41) is 14.1. The molecule has 0 radical (unpaired) electrons. The van der Waals surface area contributed by atoms with Crippen molar-refractivity contribution in [3.05, 3.63) is 57.3 Å². The lowest BCUT2D eigenvalue weighted by Gasteiger charge is -2.13. The van der Waals surface area contributed by atoms with Gasteiger partial charge in [-0.1, -0.05) is 18.2 Å². The van der Waals surface area contributed by atoms with Crippen LogP contribution in [0.2, 0.25) is 0 Å². The minimum Gasteiger partial charge on any atom is -0.388 e. The summed E-state index contributed by atoms with van der Waals surface area (Å²) in [6.45, 7) is 4.20. The van der Waals surface area contributed by atoms with E-state index in [1.54, 1.807) is 11.3 Å². The van der Waals surface area contributed by atoms with E-state index in [0.29, 0.717) is 6.42 Å². The van der Waals surface area contributed by atoms with Crippen LogP contribution in [0, 0.1) is 13.8 Å². The van der Waals surface area contributed by atoms with E-state index in [2.05, 4.69) is 32.0 Å². The number of aryl methyl sites for hydroxylation is 2. The van der Waals surface area contributed by atoms with Crippen LogP contribution in [0.1, 0.15) is 28.4 Å². The molecular formula is C14H16OS. The molecule has 2 aromatic rings. The fraction of sp³-hybridized carbons (Fsp3) is 0.286. The largest absolute Gasteiger partial charge is 0.388 e. The van der Waals surface area contributed by atoms with Crippen LogP contribution in [0.5, 0.6) is 0 Å². The highest BCUT2D eigenvalue weighted by Gasteiger charge is 2.11. The van der Waals surface area contributed by atoms with Crippen LogP contribution in [0.15, 0.2) is 35.0 Å². The molecule has 0 aliphatic rings. The zero-order valence-corrected chi connectivity index (χ0v) is 10.4. The lowest BCUT2D eigenvalue weighted by Crippen LogP contribution is -2.03. The highest BCUT2D eigenvalue weighted by Crippen LogP contribution is 2.24. The molecule has 1 atom stereocenters. The highest BCUT2D eigenvalue weighted by molar-refractivity contribution is 7.07. The summed E-state index contributed by atoms with van der Waals surface area (Å²) in [4.78, 5) is 0. The van der Waals surface area contributed by atoms with Crippen LogP contribution in [-0.2, 0) is 6.42 Å². The van der Waals surface area contributed by atoms with Gasteiger partial charge in [0.15, 0.2) is 0 Å². The summed E-state index contributed by atoms with van der Waals surface area (Å²) in [6, 6.07) is 8.25. The molecule has 0 amide bonds. The minimum atomic E-state index is -0.383. The van der Waals surface area contributed by atoms with E-state index >= 15 is 0 Å². The van der Waals surface area contributed by atoms with Gasteiger partial charge in [-0.05, 0) is 52.9 Å². The number of aliphatic hydroxyl groups is 1. The molecule has 0 fully saturated rings. The molecule has 0 aliphatic carbocycles. The Morgan fingerprint density at radius 3 is 2.44 bits per heavy atom. The maximum Gasteiger partial charge on any atom is 0.0838 e. The number of hydrogen-bond donors (Lipinski definition) is 1. The summed E-state index contributed by atoms with van der Waals surface area (Å²) in [6.07, 6.45) is 0.320. The van der Waals surface area contributed by atoms with Crippen molar-refractivity contribution < 1.29 is 5.11 Å². The second-order valence-corrected chi connectivity index (χ2v) is 4.93. The quantitative estimate of drug-likeness (QED) is 0.856. The average molecular weight is 232 g/mol. The number of benzene rings is 1. The van der Waals surface area contributed by atoms with E-state index in [1.165, 1.54) is 16.7 Å². The molecule has 2 heteroatoms. The van der Waals surface area contributed by atoms with E-state index in [9.17, 15) is 5.11 Å². The molecule has 1 N–H and O–H groups in total. The molecule has 16 heavy (non-hydrogen) atoms. The molecule has 1 unspecified atom stereocenters. The number of hydrogen-bond acceptors (Lipinski definition) is 2. The van der Waals surface area contributed by atoms with Crippen LogP contribution in [-0.4, -0.2) is 5.11 Å². The summed E-state index contributed by atoms with van der Waals surface area (Å²) >= 11 is 1.63. The molecule has 0 bridgehead atoms.